The first-order valence-corrected chi connectivity index (χ1v) is 11.0. The Labute approximate surface area is 155 Å². The summed E-state index contributed by atoms with van der Waals surface area (Å²) < 4.78 is 12.8. The van der Waals surface area contributed by atoms with Crippen molar-refractivity contribution in [2.75, 3.05) is 0 Å². The molecule has 2 aliphatic carbocycles. The molecule has 0 aromatic rings. The van der Waals surface area contributed by atoms with Crippen LogP contribution in [0.4, 0.5) is 4.39 Å². The summed E-state index contributed by atoms with van der Waals surface area (Å²) >= 11 is 0. The number of allylic oxidation sites excluding steroid dienone is 2. The van der Waals surface area contributed by atoms with Crippen LogP contribution in [0, 0.1) is 35.0 Å². The van der Waals surface area contributed by atoms with Crippen LogP contribution in [-0.2, 0) is 0 Å². The van der Waals surface area contributed by atoms with E-state index >= 15 is 0 Å². The number of halogens is 1. The van der Waals surface area contributed by atoms with E-state index in [1.54, 1.807) is 6.07 Å². The predicted octanol–water partition coefficient (Wildman–Crippen LogP) is 7.73. The van der Waals surface area contributed by atoms with Gasteiger partial charge >= 0.3 is 0 Å². The van der Waals surface area contributed by atoms with Gasteiger partial charge in [0.2, 0.25) is 0 Å². The summed E-state index contributed by atoms with van der Waals surface area (Å²) in [6.45, 7) is 2.31. The molecular formula is C23H38FN. The average Bonchev–Trinajstić information content (AvgIpc) is 2.66. The van der Waals surface area contributed by atoms with Gasteiger partial charge in [-0.15, -0.1) is 0 Å². The molecule has 0 unspecified atom stereocenters. The predicted molar refractivity (Wildman–Crippen MR) is 104 cm³/mol. The third-order valence-corrected chi connectivity index (χ3v) is 6.89. The molecule has 1 nitrogen and oxygen atoms in total. The molecule has 0 bridgehead atoms. The third-order valence-electron chi connectivity index (χ3n) is 6.89. The van der Waals surface area contributed by atoms with Gasteiger partial charge in [0.25, 0.3) is 0 Å². The SMILES string of the molecule is CCCC[C@H]1CC[C@H](CC[C@H]2CC[C@H](CC/C=C(\F)C#N)CC2)CC1. The van der Waals surface area contributed by atoms with Gasteiger partial charge in [0.05, 0.1) is 0 Å². The molecule has 0 atom stereocenters. The van der Waals surface area contributed by atoms with Crippen molar-refractivity contribution >= 4 is 0 Å². The molecule has 0 aromatic heterocycles. The maximum absolute atomic E-state index is 12.8. The van der Waals surface area contributed by atoms with Gasteiger partial charge in [0, 0.05) is 0 Å². The van der Waals surface area contributed by atoms with Gasteiger partial charge in [-0.3, -0.25) is 0 Å². The fraction of sp³-hybridized carbons (Fsp3) is 0.870. The largest absolute Gasteiger partial charge is 0.196 e. The number of rotatable bonds is 9. The highest BCUT2D eigenvalue weighted by atomic mass is 19.1. The van der Waals surface area contributed by atoms with Gasteiger partial charge in [0.15, 0.2) is 5.83 Å². The molecule has 2 aliphatic rings. The van der Waals surface area contributed by atoms with Crippen LogP contribution in [0.15, 0.2) is 11.9 Å². The van der Waals surface area contributed by atoms with Crippen molar-refractivity contribution in [1.29, 1.82) is 5.26 Å². The molecule has 0 amide bonds. The first-order valence-electron chi connectivity index (χ1n) is 11.0. The van der Waals surface area contributed by atoms with Crippen LogP contribution in [0.25, 0.3) is 0 Å². The highest BCUT2D eigenvalue weighted by Crippen LogP contribution is 2.38. The van der Waals surface area contributed by atoms with Crippen LogP contribution in [0.2, 0.25) is 0 Å². The lowest BCUT2D eigenvalue weighted by molar-refractivity contribution is 0.209. The summed E-state index contributed by atoms with van der Waals surface area (Å²) in [7, 11) is 0. The monoisotopic (exact) mass is 347 g/mol. The van der Waals surface area contributed by atoms with Gasteiger partial charge in [-0.25, -0.2) is 0 Å². The van der Waals surface area contributed by atoms with Gasteiger partial charge in [-0.05, 0) is 42.6 Å². The molecule has 0 radical (unpaired) electrons. The van der Waals surface area contributed by atoms with Crippen molar-refractivity contribution in [3.63, 3.8) is 0 Å². The Kier molecular flexibility index (Phi) is 9.59. The van der Waals surface area contributed by atoms with E-state index in [0.29, 0.717) is 0 Å². The number of hydrogen-bond donors (Lipinski definition) is 0. The van der Waals surface area contributed by atoms with E-state index < -0.39 is 5.83 Å². The summed E-state index contributed by atoms with van der Waals surface area (Å²) in [5.74, 6) is 3.13. The molecule has 0 heterocycles. The summed E-state index contributed by atoms with van der Waals surface area (Å²) in [4.78, 5) is 0. The second-order valence-electron chi connectivity index (χ2n) is 8.73. The van der Waals surface area contributed by atoms with Crippen molar-refractivity contribution in [2.24, 2.45) is 23.7 Å². The van der Waals surface area contributed by atoms with E-state index in [0.717, 1.165) is 36.5 Å². The van der Waals surface area contributed by atoms with Crippen LogP contribution in [0.3, 0.4) is 0 Å². The van der Waals surface area contributed by atoms with Crippen LogP contribution in [0.1, 0.15) is 103 Å². The van der Waals surface area contributed by atoms with Crippen molar-refractivity contribution in [3.8, 4) is 6.07 Å². The zero-order valence-electron chi connectivity index (χ0n) is 16.3. The number of nitrogens with zero attached hydrogens (tertiary/aromatic N) is 1. The van der Waals surface area contributed by atoms with Crippen LogP contribution in [0.5, 0.6) is 0 Å². The molecule has 0 saturated heterocycles. The number of unbranched alkanes of at least 4 members (excludes halogenated alkanes) is 1. The smallest absolute Gasteiger partial charge is 0.195 e. The lowest BCUT2D eigenvalue weighted by atomic mass is 9.74. The molecule has 0 N–H and O–H groups in total. The minimum absolute atomic E-state index is 0.613. The standard InChI is InChI=1S/C23H38FN/c1-2-3-5-19-8-12-21(13-9-19)16-17-22-14-10-20(11-15-22)6-4-7-23(24)18-25/h7,19-22H,2-6,8-17H2,1H3/b23-7-/t19-,20-,21-,22-. The molecule has 2 heteroatoms. The molecule has 142 valence electrons. The van der Waals surface area contributed by atoms with Gasteiger partial charge in [0.1, 0.15) is 6.07 Å². The first-order chi connectivity index (χ1) is 12.2. The van der Waals surface area contributed by atoms with Crippen molar-refractivity contribution < 1.29 is 4.39 Å². The molecule has 0 aromatic carbocycles. The van der Waals surface area contributed by atoms with Gasteiger partial charge in [-0.2, -0.15) is 9.65 Å². The van der Waals surface area contributed by atoms with Crippen LogP contribution in [-0.4, -0.2) is 0 Å². The summed E-state index contributed by atoms with van der Waals surface area (Å²) in [5, 5.41) is 8.43. The Morgan fingerprint density at radius 3 is 1.72 bits per heavy atom. The van der Waals surface area contributed by atoms with Crippen LogP contribution < -0.4 is 0 Å². The summed E-state index contributed by atoms with van der Waals surface area (Å²) in [6, 6.07) is 1.56. The maximum atomic E-state index is 12.8. The topological polar surface area (TPSA) is 23.8 Å². The lowest BCUT2D eigenvalue weighted by Gasteiger charge is -2.32. The molecule has 2 saturated carbocycles. The second-order valence-corrected chi connectivity index (χ2v) is 8.73. The van der Waals surface area contributed by atoms with Crippen molar-refractivity contribution in [2.45, 2.75) is 103 Å². The maximum Gasteiger partial charge on any atom is 0.196 e. The van der Waals surface area contributed by atoms with E-state index in [9.17, 15) is 4.39 Å². The average molecular weight is 348 g/mol. The van der Waals surface area contributed by atoms with Crippen molar-refractivity contribution in [1.82, 2.24) is 0 Å². The zero-order valence-corrected chi connectivity index (χ0v) is 16.3. The Morgan fingerprint density at radius 1 is 0.840 bits per heavy atom. The van der Waals surface area contributed by atoms with E-state index in [2.05, 4.69) is 6.92 Å². The number of hydrogen-bond acceptors (Lipinski definition) is 1. The minimum atomic E-state index is -0.613. The number of nitriles is 1. The van der Waals surface area contributed by atoms with E-state index in [4.69, 9.17) is 5.26 Å². The van der Waals surface area contributed by atoms with Crippen LogP contribution >= 0.6 is 0 Å². The molecular weight excluding hydrogens is 309 g/mol. The Balaban J connectivity index is 1.53. The molecule has 2 fully saturated rings. The molecule has 0 aliphatic heterocycles. The highest BCUT2D eigenvalue weighted by Gasteiger charge is 2.24. The fourth-order valence-corrected chi connectivity index (χ4v) is 5.07. The molecule has 25 heavy (non-hydrogen) atoms. The van der Waals surface area contributed by atoms with Gasteiger partial charge in [-0.1, -0.05) is 90.4 Å². The lowest BCUT2D eigenvalue weighted by Crippen LogP contribution is -2.18. The molecule has 2 rings (SSSR count). The fourth-order valence-electron chi connectivity index (χ4n) is 5.07. The zero-order chi connectivity index (χ0) is 17.9. The minimum Gasteiger partial charge on any atom is -0.195 e. The van der Waals surface area contributed by atoms with E-state index in [-0.39, 0.29) is 0 Å². The summed E-state index contributed by atoms with van der Waals surface area (Å²) in [5.41, 5.74) is 0. The Bertz CT molecular complexity index is 420. The van der Waals surface area contributed by atoms with E-state index in [1.807, 2.05) is 0 Å². The second kappa shape index (κ2) is 11.7. The quantitative estimate of drug-likeness (QED) is 0.391. The Morgan fingerprint density at radius 2 is 1.28 bits per heavy atom. The highest BCUT2D eigenvalue weighted by molar-refractivity contribution is 5.11. The van der Waals surface area contributed by atoms with E-state index in [1.165, 1.54) is 89.5 Å². The van der Waals surface area contributed by atoms with Crippen molar-refractivity contribution in [3.05, 3.63) is 11.9 Å². The first kappa shape index (κ1) is 20.5. The van der Waals surface area contributed by atoms with Gasteiger partial charge < -0.3 is 0 Å². The molecule has 0 spiro atoms. The Hall–Kier alpha value is -0.840. The third kappa shape index (κ3) is 7.93. The summed E-state index contributed by atoms with van der Waals surface area (Å²) in [6.07, 6.45) is 21.8. The normalized spacial score (nSPS) is 30.8.